The lowest BCUT2D eigenvalue weighted by Crippen LogP contribution is -2.25. The lowest BCUT2D eigenvalue weighted by molar-refractivity contribution is 0.755. The molecule has 3 nitrogen and oxygen atoms in total. The molecular weight excluding hydrogens is 174 g/mol. The third kappa shape index (κ3) is 1.97. The summed E-state index contributed by atoms with van der Waals surface area (Å²) in [6.07, 6.45) is 0. The van der Waals surface area contributed by atoms with Crippen LogP contribution in [0.15, 0.2) is 18.2 Å². The van der Waals surface area contributed by atoms with E-state index in [2.05, 4.69) is 18.7 Å². The number of nitrogen functional groups attached to an aromatic ring is 1. The highest BCUT2D eigenvalue weighted by Gasteiger charge is 2.06. The molecule has 0 aromatic heterocycles. The Labute approximate surface area is 84.7 Å². The largest absolute Gasteiger partial charge is 0.398 e. The van der Waals surface area contributed by atoms with E-state index >= 15 is 0 Å². The summed E-state index contributed by atoms with van der Waals surface area (Å²) in [6.45, 7) is 4.21. The molecular formula is C11H15N3. The first-order valence-corrected chi connectivity index (χ1v) is 4.58. The minimum absolute atomic E-state index is 0.419. The first-order chi connectivity index (χ1) is 6.56. The fraction of sp³-hybridized carbons (Fsp3) is 0.364. The lowest BCUT2D eigenvalue weighted by Gasteiger charge is -2.24. The molecule has 0 aliphatic rings. The van der Waals surface area contributed by atoms with Crippen LogP contribution in [0.3, 0.4) is 0 Å². The van der Waals surface area contributed by atoms with E-state index in [9.17, 15) is 0 Å². The van der Waals surface area contributed by atoms with E-state index < -0.39 is 0 Å². The molecule has 0 aliphatic heterocycles. The van der Waals surface area contributed by atoms with Crippen molar-refractivity contribution in [3.05, 3.63) is 23.8 Å². The molecule has 0 amide bonds. The van der Waals surface area contributed by atoms with Crippen molar-refractivity contribution in [2.24, 2.45) is 0 Å². The highest BCUT2D eigenvalue weighted by molar-refractivity contribution is 5.63. The maximum absolute atomic E-state index is 8.71. The van der Waals surface area contributed by atoms with Gasteiger partial charge in [-0.25, -0.2) is 0 Å². The van der Waals surface area contributed by atoms with Crippen molar-refractivity contribution >= 4 is 11.4 Å². The third-order valence-corrected chi connectivity index (χ3v) is 2.34. The van der Waals surface area contributed by atoms with Crippen LogP contribution in [0.1, 0.15) is 19.4 Å². The van der Waals surface area contributed by atoms with Crippen LogP contribution in [0.25, 0.3) is 0 Å². The van der Waals surface area contributed by atoms with Gasteiger partial charge in [0, 0.05) is 18.8 Å². The average molecular weight is 189 g/mol. The number of benzene rings is 1. The normalized spacial score (nSPS) is 9.93. The van der Waals surface area contributed by atoms with E-state index in [-0.39, 0.29) is 0 Å². The van der Waals surface area contributed by atoms with Gasteiger partial charge in [0.15, 0.2) is 0 Å². The monoisotopic (exact) mass is 189 g/mol. The van der Waals surface area contributed by atoms with E-state index in [1.807, 2.05) is 25.2 Å². The first-order valence-electron chi connectivity index (χ1n) is 4.58. The number of nitrogens with zero attached hydrogens (tertiary/aromatic N) is 2. The molecule has 3 heteroatoms. The van der Waals surface area contributed by atoms with Crippen molar-refractivity contribution in [3.63, 3.8) is 0 Å². The van der Waals surface area contributed by atoms with Crippen molar-refractivity contribution in [1.29, 1.82) is 5.26 Å². The number of hydrogen-bond donors (Lipinski definition) is 1. The van der Waals surface area contributed by atoms with E-state index in [1.54, 1.807) is 6.07 Å². The Balaban J connectivity index is 3.04. The smallest absolute Gasteiger partial charge is 0.101 e. The van der Waals surface area contributed by atoms with Crippen molar-refractivity contribution < 1.29 is 0 Å². The Morgan fingerprint density at radius 2 is 2.07 bits per heavy atom. The quantitative estimate of drug-likeness (QED) is 0.724. The molecule has 0 atom stereocenters. The van der Waals surface area contributed by atoms with Crippen LogP contribution in [-0.2, 0) is 0 Å². The van der Waals surface area contributed by atoms with Gasteiger partial charge in [-0.15, -0.1) is 0 Å². The average Bonchev–Trinajstić information content (AvgIpc) is 2.16. The summed E-state index contributed by atoms with van der Waals surface area (Å²) in [4.78, 5) is 2.11. The third-order valence-electron chi connectivity index (χ3n) is 2.34. The second-order valence-corrected chi connectivity index (χ2v) is 3.59. The van der Waals surface area contributed by atoms with E-state index in [0.717, 1.165) is 5.69 Å². The summed E-state index contributed by atoms with van der Waals surface area (Å²) >= 11 is 0. The van der Waals surface area contributed by atoms with E-state index in [1.165, 1.54) is 0 Å². The van der Waals surface area contributed by atoms with Gasteiger partial charge in [0.1, 0.15) is 6.07 Å². The number of nitriles is 1. The second kappa shape index (κ2) is 4.01. The molecule has 0 radical (unpaired) electrons. The Bertz CT molecular complexity index is 363. The molecule has 1 rings (SSSR count). The molecule has 2 N–H and O–H groups in total. The SMILES string of the molecule is CC(C)N(C)c1ccc(C#N)c(N)c1. The van der Waals surface area contributed by atoms with Crippen LogP contribution in [0.5, 0.6) is 0 Å². The molecule has 0 bridgehead atoms. The van der Waals surface area contributed by atoms with Crippen LogP contribution in [0.2, 0.25) is 0 Å². The predicted molar refractivity (Wildman–Crippen MR) is 59.1 cm³/mol. The van der Waals surface area contributed by atoms with Gasteiger partial charge in [-0.2, -0.15) is 5.26 Å². The van der Waals surface area contributed by atoms with Gasteiger partial charge in [-0.1, -0.05) is 0 Å². The fourth-order valence-electron chi connectivity index (χ4n) is 1.17. The van der Waals surface area contributed by atoms with Crippen LogP contribution in [0, 0.1) is 11.3 Å². The Kier molecular flexibility index (Phi) is 2.98. The van der Waals surface area contributed by atoms with Crippen LogP contribution in [-0.4, -0.2) is 13.1 Å². The van der Waals surface area contributed by atoms with Gasteiger partial charge in [0.2, 0.25) is 0 Å². The van der Waals surface area contributed by atoms with Gasteiger partial charge in [-0.3, -0.25) is 0 Å². The molecule has 0 saturated heterocycles. The minimum Gasteiger partial charge on any atom is -0.398 e. The number of anilines is 2. The highest BCUT2D eigenvalue weighted by atomic mass is 15.1. The fourth-order valence-corrected chi connectivity index (χ4v) is 1.17. The van der Waals surface area contributed by atoms with Crippen molar-refractivity contribution in [3.8, 4) is 6.07 Å². The number of hydrogen-bond acceptors (Lipinski definition) is 3. The van der Waals surface area contributed by atoms with Crippen LogP contribution in [0.4, 0.5) is 11.4 Å². The number of nitrogens with two attached hydrogens (primary N) is 1. The second-order valence-electron chi connectivity index (χ2n) is 3.59. The van der Waals surface area contributed by atoms with E-state index in [0.29, 0.717) is 17.3 Å². The molecule has 0 saturated carbocycles. The molecule has 0 unspecified atom stereocenters. The first kappa shape index (κ1) is 10.4. The Morgan fingerprint density at radius 1 is 1.43 bits per heavy atom. The van der Waals surface area contributed by atoms with Gasteiger partial charge in [-0.05, 0) is 32.0 Å². The lowest BCUT2D eigenvalue weighted by atomic mass is 10.1. The van der Waals surface area contributed by atoms with Gasteiger partial charge in [0.05, 0.1) is 11.3 Å². The van der Waals surface area contributed by atoms with Crippen LogP contribution < -0.4 is 10.6 Å². The van der Waals surface area contributed by atoms with Crippen molar-refractivity contribution in [2.45, 2.75) is 19.9 Å². The summed E-state index contributed by atoms with van der Waals surface area (Å²) in [7, 11) is 2.01. The minimum atomic E-state index is 0.419. The number of rotatable bonds is 2. The van der Waals surface area contributed by atoms with Crippen molar-refractivity contribution in [1.82, 2.24) is 0 Å². The van der Waals surface area contributed by atoms with Gasteiger partial charge < -0.3 is 10.6 Å². The zero-order chi connectivity index (χ0) is 10.7. The van der Waals surface area contributed by atoms with Gasteiger partial charge in [0.25, 0.3) is 0 Å². The Hall–Kier alpha value is -1.69. The maximum atomic E-state index is 8.71. The molecule has 1 aromatic rings. The molecule has 0 aliphatic carbocycles. The summed E-state index contributed by atoms with van der Waals surface area (Å²) in [5.74, 6) is 0. The standard InChI is InChI=1S/C11H15N3/c1-8(2)14(3)10-5-4-9(7-12)11(13)6-10/h4-6,8H,13H2,1-3H3. The molecule has 74 valence electrons. The van der Waals surface area contributed by atoms with Crippen LogP contribution >= 0.6 is 0 Å². The summed E-state index contributed by atoms with van der Waals surface area (Å²) in [6, 6.07) is 7.96. The Morgan fingerprint density at radius 3 is 2.50 bits per heavy atom. The molecule has 0 heterocycles. The maximum Gasteiger partial charge on any atom is 0.101 e. The zero-order valence-electron chi connectivity index (χ0n) is 8.78. The summed E-state index contributed by atoms with van der Waals surface area (Å²) in [5, 5.41) is 8.71. The topological polar surface area (TPSA) is 53.0 Å². The molecule has 14 heavy (non-hydrogen) atoms. The summed E-state index contributed by atoms with van der Waals surface area (Å²) < 4.78 is 0. The zero-order valence-corrected chi connectivity index (χ0v) is 8.78. The van der Waals surface area contributed by atoms with Gasteiger partial charge >= 0.3 is 0 Å². The molecule has 0 spiro atoms. The van der Waals surface area contributed by atoms with Crippen molar-refractivity contribution in [2.75, 3.05) is 17.7 Å². The predicted octanol–water partition coefficient (Wildman–Crippen LogP) is 1.99. The van der Waals surface area contributed by atoms with E-state index in [4.69, 9.17) is 11.0 Å². The molecule has 1 aromatic carbocycles. The molecule has 0 fully saturated rings. The highest BCUT2D eigenvalue weighted by Crippen LogP contribution is 2.21. The summed E-state index contributed by atoms with van der Waals surface area (Å²) in [5.41, 5.74) is 7.83.